The van der Waals surface area contributed by atoms with E-state index in [0.29, 0.717) is 28.7 Å². The van der Waals surface area contributed by atoms with Gasteiger partial charge in [-0.2, -0.15) is 0 Å². The van der Waals surface area contributed by atoms with Gasteiger partial charge in [-0.1, -0.05) is 67.9 Å². The summed E-state index contributed by atoms with van der Waals surface area (Å²) in [4.78, 5) is 0.273. The van der Waals surface area contributed by atoms with Crippen LogP contribution in [0.5, 0.6) is 5.75 Å². The SMILES string of the molecule is Cc1ccccc1S(=O)(=O)NCC(C)(Cc1ccc(Cl)cc1)Oc1ccc(C(C)C)cc1. The predicted molar refractivity (Wildman–Crippen MR) is 131 cm³/mol. The van der Waals surface area contributed by atoms with Gasteiger partial charge in [0.05, 0.1) is 11.4 Å². The molecule has 3 rings (SSSR count). The molecule has 0 amide bonds. The number of ether oxygens (including phenoxy) is 1. The zero-order valence-corrected chi connectivity index (χ0v) is 20.5. The largest absolute Gasteiger partial charge is 0.486 e. The molecule has 170 valence electrons. The third kappa shape index (κ3) is 6.35. The maximum absolute atomic E-state index is 13.0. The Hall–Kier alpha value is -2.34. The molecule has 0 bridgehead atoms. The van der Waals surface area contributed by atoms with Crippen LogP contribution in [0, 0.1) is 6.92 Å². The van der Waals surface area contributed by atoms with Crippen LogP contribution in [0.2, 0.25) is 5.02 Å². The summed E-state index contributed by atoms with van der Waals surface area (Å²) in [7, 11) is -3.68. The summed E-state index contributed by atoms with van der Waals surface area (Å²) in [6, 6.07) is 22.4. The Kier molecular flexibility index (Phi) is 7.65. The fourth-order valence-corrected chi connectivity index (χ4v) is 5.08. The Labute approximate surface area is 196 Å². The van der Waals surface area contributed by atoms with E-state index in [-0.39, 0.29) is 11.4 Å². The Morgan fingerprint density at radius 1 is 0.969 bits per heavy atom. The molecule has 0 spiro atoms. The first-order valence-electron chi connectivity index (χ1n) is 10.7. The van der Waals surface area contributed by atoms with Gasteiger partial charge in [0.2, 0.25) is 10.0 Å². The first-order valence-corrected chi connectivity index (χ1v) is 12.5. The lowest BCUT2D eigenvalue weighted by molar-refractivity contribution is 0.0938. The van der Waals surface area contributed by atoms with Crippen LogP contribution in [0.4, 0.5) is 0 Å². The Bertz CT molecular complexity index is 1140. The summed E-state index contributed by atoms with van der Waals surface area (Å²) < 4.78 is 35.1. The minimum atomic E-state index is -3.68. The molecular weight excluding hydrogens is 442 g/mol. The highest BCUT2D eigenvalue weighted by Crippen LogP contribution is 2.26. The fourth-order valence-electron chi connectivity index (χ4n) is 3.56. The molecule has 1 atom stereocenters. The highest BCUT2D eigenvalue weighted by atomic mass is 35.5. The minimum absolute atomic E-state index is 0.109. The molecule has 3 aromatic carbocycles. The van der Waals surface area contributed by atoms with Gasteiger partial charge in [0, 0.05) is 11.4 Å². The van der Waals surface area contributed by atoms with Crippen LogP contribution in [-0.4, -0.2) is 20.6 Å². The molecule has 1 unspecified atom stereocenters. The van der Waals surface area contributed by atoms with Crippen LogP contribution >= 0.6 is 11.6 Å². The van der Waals surface area contributed by atoms with E-state index in [1.165, 1.54) is 5.56 Å². The molecule has 1 N–H and O–H groups in total. The normalized spacial score (nSPS) is 13.7. The van der Waals surface area contributed by atoms with Crippen LogP contribution in [0.15, 0.2) is 77.7 Å². The maximum atomic E-state index is 13.0. The van der Waals surface area contributed by atoms with Crippen molar-refractivity contribution in [1.29, 1.82) is 0 Å². The van der Waals surface area contributed by atoms with E-state index in [4.69, 9.17) is 16.3 Å². The van der Waals surface area contributed by atoms with Crippen molar-refractivity contribution in [2.24, 2.45) is 0 Å². The molecule has 4 nitrogen and oxygen atoms in total. The zero-order chi connectivity index (χ0) is 23.4. The lowest BCUT2D eigenvalue weighted by Gasteiger charge is -2.31. The van der Waals surface area contributed by atoms with Crippen molar-refractivity contribution < 1.29 is 13.2 Å². The van der Waals surface area contributed by atoms with E-state index in [0.717, 1.165) is 5.56 Å². The molecule has 32 heavy (non-hydrogen) atoms. The number of hydrogen-bond donors (Lipinski definition) is 1. The van der Waals surface area contributed by atoms with E-state index in [9.17, 15) is 8.42 Å². The molecule has 0 aromatic heterocycles. The second-order valence-electron chi connectivity index (χ2n) is 8.67. The Balaban J connectivity index is 1.85. The molecule has 6 heteroatoms. The average molecular weight is 472 g/mol. The molecule has 0 aliphatic heterocycles. The van der Waals surface area contributed by atoms with E-state index >= 15 is 0 Å². The number of rotatable bonds is 9. The lowest BCUT2D eigenvalue weighted by atomic mass is 9.96. The summed E-state index contributed by atoms with van der Waals surface area (Å²) in [6.07, 6.45) is 0.506. The van der Waals surface area contributed by atoms with Crippen LogP contribution in [-0.2, 0) is 16.4 Å². The first kappa shape index (κ1) is 24.3. The summed E-state index contributed by atoms with van der Waals surface area (Å²) in [5.74, 6) is 1.12. The lowest BCUT2D eigenvalue weighted by Crippen LogP contribution is -2.46. The third-order valence-electron chi connectivity index (χ3n) is 5.42. The van der Waals surface area contributed by atoms with Gasteiger partial charge in [-0.25, -0.2) is 13.1 Å². The van der Waals surface area contributed by atoms with Gasteiger partial charge < -0.3 is 4.74 Å². The van der Waals surface area contributed by atoms with E-state index in [1.54, 1.807) is 25.1 Å². The topological polar surface area (TPSA) is 55.4 Å². The summed E-state index contributed by atoms with van der Waals surface area (Å²) in [6.45, 7) is 8.09. The van der Waals surface area contributed by atoms with Crippen LogP contribution < -0.4 is 9.46 Å². The summed E-state index contributed by atoms with van der Waals surface area (Å²) >= 11 is 6.03. The Morgan fingerprint density at radius 3 is 2.19 bits per heavy atom. The van der Waals surface area contributed by atoms with Gasteiger partial charge in [-0.15, -0.1) is 0 Å². The van der Waals surface area contributed by atoms with Gasteiger partial charge in [0.25, 0.3) is 0 Å². The van der Waals surface area contributed by atoms with Crippen molar-refractivity contribution in [3.05, 3.63) is 94.5 Å². The van der Waals surface area contributed by atoms with Crippen molar-refractivity contribution in [1.82, 2.24) is 4.72 Å². The van der Waals surface area contributed by atoms with Crippen molar-refractivity contribution in [3.63, 3.8) is 0 Å². The molecule has 0 fully saturated rings. The standard InChI is InChI=1S/C26H30ClNO3S/c1-19(2)22-11-15-24(16-12-22)31-26(4,17-21-9-13-23(27)14-10-21)18-28-32(29,30)25-8-6-5-7-20(25)3/h5-16,19,28H,17-18H2,1-4H3. The smallest absolute Gasteiger partial charge is 0.240 e. The minimum Gasteiger partial charge on any atom is -0.486 e. The fraction of sp³-hybridized carbons (Fsp3) is 0.308. The molecule has 0 aliphatic rings. The molecule has 0 radical (unpaired) electrons. The van der Waals surface area contributed by atoms with Gasteiger partial charge >= 0.3 is 0 Å². The summed E-state index contributed by atoms with van der Waals surface area (Å²) in [5, 5.41) is 0.654. The number of benzene rings is 3. The molecule has 0 aliphatic carbocycles. The van der Waals surface area contributed by atoms with E-state index in [2.05, 4.69) is 18.6 Å². The number of aryl methyl sites for hydroxylation is 1. The predicted octanol–water partition coefficient (Wildman–Crippen LogP) is 6.13. The second-order valence-corrected chi connectivity index (χ2v) is 10.8. The maximum Gasteiger partial charge on any atom is 0.240 e. The quantitative estimate of drug-likeness (QED) is 0.408. The van der Waals surface area contributed by atoms with E-state index in [1.807, 2.05) is 61.5 Å². The van der Waals surface area contributed by atoms with Gasteiger partial charge in [-0.05, 0) is 66.8 Å². The van der Waals surface area contributed by atoms with Crippen LogP contribution in [0.25, 0.3) is 0 Å². The summed E-state index contributed by atoms with van der Waals surface area (Å²) in [5.41, 5.74) is 2.11. The number of halogens is 1. The Morgan fingerprint density at radius 2 is 1.59 bits per heavy atom. The first-order chi connectivity index (χ1) is 15.1. The molecule has 0 saturated heterocycles. The van der Waals surface area contributed by atoms with Crippen molar-refractivity contribution in [2.75, 3.05) is 6.54 Å². The highest BCUT2D eigenvalue weighted by molar-refractivity contribution is 7.89. The third-order valence-corrected chi connectivity index (χ3v) is 7.24. The van der Waals surface area contributed by atoms with Gasteiger partial charge in [-0.3, -0.25) is 0 Å². The van der Waals surface area contributed by atoms with Crippen molar-refractivity contribution in [2.45, 2.75) is 50.5 Å². The van der Waals surface area contributed by atoms with Gasteiger partial charge in [0.1, 0.15) is 11.4 Å². The number of hydrogen-bond acceptors (Lipinski definition) is 3. The average Bonchev–Trinajstić information content (AvgIpc) is 2.75. The highest BCUT2D eigenvalue weighted by Gasteiger charge is 2.30. The van der Waals surface area contributed by atoms with E-state index < -0.39 is 15.6 Å². The number of sulfonamides is 1. The molecule has 0 saturated carbocycles. The van der Waals surface area contributed by atoms with Crippen LogP contribution in [0.3, 0.4) is 0 Å². The molecular formula is C26H30ClNO3S. The monoisotopic (exact) mass is 471 g/mol. The zero-order valence-electron chi connectivity index (χ0n) is 18.9. The molecule has 0 heterocycles. The van der Waals surface area contributed by atoms with Crippen LogP contribution in [0.1, 0.15) is 43.4 Å². The second kappa shape index (κ2) is 10.1. The molecule has 3 aromatic rings. The van der Waals surface area contributed by atoms with Crippen molar-refractivity contribution >= 4 is 21.6 Å². The van der Waals surface area contributed by atoms with Crippen molar-refractivity contribution in [3.8, 4) is 5.75 Å². The van der Waals surface area contributed by atoms with Gasteiger partial charge in [0.15, 0.2) is 0 Å². The number of nitrogens with one attached hydrogen (secondary N) is 1.